The molecule has 4 aromatic rings. The molecule has 0 spiro atoms. The molecule has 0 aliphatic carbocycles. The minimum absolute atomic E-state index is 0.0610. The number of nitrogens with zero attached hydrogens (tertiary/aromatic N) is 3. The third-order valence-electron chi connectivity index (χ3n) is 5.04. The summed E-state index contributed by atoms with van der Waals surface area (Å²) in [6.07, 6.45) is 3.81. The van der Waals surface area contributed by atoms with Gasteiger partial charge in [-0.25, -0.2) is 18.4 Å². The van der Waals surface area contributed by atoms with Crippen LogP contribution in [0.2, 0.25) is 0 Å². The number of fused-ring (bicyclic) bond motifs is 1. The van der Waals surface area contributed by atoms with Crippen molar-refractivity contribution < 1.29 is 31.9 Å². The van der Waals surface area contributed by atoms with E-state index in [0.717, 1.165) is 6.26 Å². The van der Waals surface area contributed by atoms with Crippen molar-refractivity contribution in [3.8, 4) is 17.4 Å². The predicted molar refractivity (Wildman–Crippen MR) is 130 cm³/mol. The van der Waals surface area contributed by atoms with Gasteiger partial charge >= 0.3 is 0 Å². The van der Waals surface area contributed by atoms with E-state index in [-0.39, 0.29) is 39.3 Å². The zero-order chi connectivity index (χ0) is 26.0. The standard InChI is InChI=1S/C24H22N4O7S/c1-28(2)24(30)20-11-17-18(34-15-5-7-16(8-6-15)36(4,31)32)9-14(10-19(17)35-20)23(29)27-21-12-26-22(33-3)13-25-21/h5-13H,1-4H3,(H,25,27,29). The first-order valence-electron chi connectivity index (χ1n) is 10.5. The smallest absolute Gasteiger partial charge is 0.289 e. The van der Waals surface area contributed by atoms with E-state index in [4.69, 9.17) is 13.9 Å². The topological polar surface area (TPSA) is 141 Å². The van der Waals surface area contributed by atoms with Crippen LogP contribution in [0.25, 0.3) is 11.0 Å². The Labute approximate surface area is 206 Å². The number of carbonyl (C=O) groups excluding carboxylic acids is 2. The van der Waals surface area contributed by atoms with Crippen molar-refractivity contribution in [1.82, 2.24) is 14.9 Å². The Balaban J connectivity index is 1.73. The van der Waals surface area contributed by atoms with E-state index in [1.165, 1.54) is 66.9 Å². The molecular formula is C24H22N4O7S. The molecule has 2 amide bonds. The lowest BCUT2D eigenvalue weighted by atomic mass is 10.1. The molecule has 2 aromatic heterocycles. The van der Waals surface area contributed by atoms with Crippen LogP contribution in [0.4, 0.5) is 5.82 Å². The van der Waals surface area contributed by atoms with E-state index in [0.29, 0.717) is 17.0 Å². The zero-order valence-electron chi connectivity index (χ0n) is 19.8. The second kappa shape index (κ2) is 9.66. The summed E-state index contributed by atoms with van der Waals surface area (Å²) in [6, 6.07) is 10.3. The maximum atomic E-state index is 13.0. The van der Waals surface area contributed by atoms with Gasteiger partial charge in [-0.2, -0.15) is 0 Å². The highest BCUT2D eigenvalue weighted by Gasteiger charge is 2.20. The molecule has 2 aromatic carbocycles. The number of methoxy groups -OCH3 is 1. The summed E-state index contributed by atoms with van der Waals surface area (Å²) in [6.45, 7) is 0. The van der Waals surface area contributed by atoms with Gasteiger partial charge in [0.05, 0.1) is 29.8 Å². The molecule has 0 saturated carbocycles. The molecular weight excluding hydrogens is 488 g/mol. The van der Waals surface area contributed by atoms with Crippen LogP contribution in [0.1, 0.15) is 20.9 Å². The number of rotatable bonds is 7. The first-order chi connectivity index (χ1) is 17.0. The number of hydrogen-bond acceptors (Lipinski definition) is 9. The Morgan fingerprint density at radius 1 is 1.03 bits per heavy atom. The van der Waals surface area contributed by atoms with Gasteiger partial charge in [0.15, 0.2) is 21.4 Å². The maximum absolute atomic E-state index is 13.0. The van der Waals surface area contributed by atoms with Gasteiger partial charge in [-0.1, -0.05) is 0 Å². The highest BCUT2D eigenvalue weighted by Crippen LogP contribution is 2.34. The van der Waals surface area contributed by atoms with Gasteiger partial charge in [-0.15, -0.1) is 0 Å². The molecule has 4 rings (SSSR count). The molecule has 0 unspecified atom stereocenters. The number of nitrogens with one attached hydrogen (secondary N) is 1. The molecule has 1 N–H and O–H groups in total. The van der Waals surface area contributed by atoms with Gasteiger partial charge in [0, 0.05) is 32.0 Å². The van der Waals surface area contributed by atoms with Crippen molar-refractivity contribution >= 4 is 38.4 Å². The van der Waals surface area contributed by atoms with Gasteiger partial charge in [0.2, 0.25) is 5.88 Å². The average Bonchev–Trinajstić information content (AvgIpc) is 3.28. The molecule has 0 aliphatic heterocycles. The van der Waals surface area contributed by atoms with E-state index in [9.17, 15) is 18.0 Å². The first kappa shape index (κ1) is 24.7. The quantitative estimate of drug-likeness (QED) is 0.396. The van der Waals surface area contributed by atoms with Crippen molar-refractivity contribution in [2.45, 2.75) is 4.90 Å². The Morgan fingerprint density at radius 2 is 1.75 bits per heavy atom. The van der Waals surface area contributed by atoms with Crippen molar-refractivity contribution in [2.75, 3.05) is 32.8 Å². The lowest BCUT2D eigenvalue weighted by Gasteiger charge is -2.10. The minimum atomic E-state index is -3.38. The van der Waals surface area contributed by atoms with Gasteiger partial charge in [0.1, 0.15) is 17.1 Å². The normalized spacial score (nSPS) is 11.2. The fourth-order valence-electron chi connectivity index (χ4n) is 3.20. The third-order valence-corrected chi connectivity index (χ3v) is 6.17. The minimum Gasteiger partial charge on any atom is -0.480 e. The highest BCUT2D eigenvalue weighted by atomic mass is 32.2. The summed E-state index contributed by atoms with van der Waals surface area (Å²) in [4.78, 5) is 35.0. The highest BCUT2D eigenvalue weighted by molar-refractivity contribution is 7.90. The molecule has 0 aliphatic rings. The molecule has 0 bridgehead atoms. The second-order valence-corrected chi connectivity index (χ2v) is 9.96. The van der Waals surface area contributed by atoms with Gasteiger partial charge in [0.25, 0.3) is 11.8 Å². The van der Waals surface area contributed by atoms with E-state index in [2.05, 4.69) is 15.3 Å². The Kier molecular flexibility index (Phi) is 6.62. The number of hydrogen-bond donors (Lipinski definition) is 1. The molecule has 0 fully saturated rings. The fourth-order valence-corrected chi connectivity index (χ4v) is 3.84. The lowest BCUT2D eigenvalue weighted by molar-refractivity contribution is 0.0799. The van der Waals surface area contributed by atoms with E-state index in [1.807, 2.05) is 0 Å². The van der Waals surface area contributed by atoms with Crippen LogP contribution < -0.4 is 14.8 Å². The van der Waals surface area contributed by atoms with Crippen molar-refractivity contribution in [2.24, 2.45) is 0 Å². The van der Waals surface area contributed by atoms with Crippen molar-refractivity contribution in [3.63, 3.8) is 0 Å². The van der Waals surface area contributed by atoms with Crippen molar-refractivity contribution in [3.05, 3.63) is 66.2 Å². The maximum Gasteiger partial charge on any atom is 0.289 e. The Morgan fingerprint density at radius 3 is 2.33 bits per heavy atom. The average molecular weight is 511 g/mol. The van der Waals surface area contributed by atoms with Crippen LogP contribution in [0.5, 0.6) is 17.4 Å². The van der Waals surface area contributed by atoms with Crippen molar-refractivity contribution in [1.29, 1.82) is 0 Å². The zero-order valence-corrected chi connectivity index (χ0v) is 20.6. The molecule has 0 saturated heterocycles. The van der Waals surface area contributed by atoms with E-state index < -0.39 is 15.7 Å². The number of sulfone groups is 1. The number of carbonyl (C=O) groups is 2. The summed E-state index contributed by atoms with van der Waals surface area (Å²) in [5.41, 5.74) is 0.414. The van der Waals surface area contributed by atoms with E-state index in [1.54, 1.807) is 14.1 Å². The van der Waals surface area contributed by atoms with Crippen LogP contribution in [0, 0.1) is 0 Å². The molecule has 186 valence electrons. The molecule has 36 heavy (non-hydrogen) atoms. The molecule has 0 radical (unpaired) electrons. The van der Waals surface area contributed by atoms with Crippen LogP contribution >= 0.6 is 0 Å². The monoisotopic (exact) mass is 510 g/mol. The summed E-state index contributed by atoms with van der Waals surface area (Å²) >= 11 is 0. The Hall–Kier alpha value is -4.45. The molecule has 0 atom stereocenters. The summed E-state index contributed by atoms with van der Waals surface area (Å²) in [5.74, 6) is 0.213. The van der Waals surface area contributed by atoms with Gasteiger partial charge in [-0.3, -0.25) is 9.59 Å². The van der Waals surface area contributed by atoms with Crippen LogP contribution in [0.15, 0.2) is 64.2 Å². The van der Waals surface area contributed by atoms with Crippen LogP contribution in [0.3, 0.4) is 0 Å². The SMILES string of the molecule is COc1cnc(NC(=O)c2cc(Oc3ccc(S(C)(=O)=O)cc3)c3cc(C(=O)N(C)C)oc3c2)cn1. The number of amides is 2. The first-order valence-corrected chi connectivity index (χ1v) is 12.4. The van der Waals surface area contributed by atoms with Crippen LogP contribution in [-0.2, 0) is 9.84 Å². The van der Waals surface area contributed by atoms with Crippen LogP contribution in [-0.4, -0.2) is 62.6 Å². The predicted octanol–water partition coefficient (Wildman–Crippen LogP) is 3.38. The summed E-state index contributed by atoms with van der Waals surface area (Å²) in [7, 11) is 1.25. The van der Waals surface area contributed by atoms with E-state index >= 15 is 0 Å². The second-order valence-electron chi connectivity index (χ2n) is 7.94. The number of benzene rings is 2. The summed E-state index contributed by atoms with van der Waals surface area (Å²) in [5, 5.41) is 3.08. The summed E-state index contributed by atoms with van der Waals surface area (Å²) < 4.78 is 40.2. The largest absolute Gasteiger partial charge is 0.480 e. The van der Waals surface area contributed by atoms with Gasteiger partial charge < -0.3 is 24.1 Å². The number of furan rings is 1. The molecule has 11 nitrogen and oxygen atoms in total. The van der Waals surface area contributed by atoms with Gasteiger partial charge in [-0.05, 0) is 36.4 Å². The fraction of sp³-hybridized carbons (Fsp3) is 0.167. The number of aromatic nitrogens is 2. The molecule has 2 heterocycles. The Bertz CT molecular complexity index is 1540. The lowest BCUT2D eigenvalue weighted by Crippen LogP contribution is -2.20. The number of anilines is 1. The third kappa shape index (κ3) is 5.28. The number of ether oxygens (including phenoxy) is 2. The molecule has 12 heteroatoms.